The number of para-hydroxylation sites is 1. The van der Waals surface area contributed by atoms with Crippen molar-refractivity contribution in [3.63, 3.8) is 0 Å². The van der Waals surface area contributed by atoms with Crippen LogP contribution < -0.4 is 10.6 Å². The maximum Gasteiger partial charge on any atom is 0.274 e. The van der Waals surface area contributed by atoms with E-state index in [0.717, 1.165) is 12.1 Å². The molecule has 132 valence electrons. The molecule has 0 unspecified atom stereocenters. The van der Waals surface area contributed by atoms with Gasteiger partial charge in [-0.15, -0.1) is 0 Å². The Balaban J connectivity index is 1.82. The largest absolute Gasteiger partial charge is 0.340 e. The zero-order valence-electron chi connectivity index (χ0n) is 14.6. The second-order valence-electron chi connectivity index (χ2n) is 5.78. The van der Waals surface area contributed by atoms with Crippen molar-refractivity contribution in [2.45, 2.75) is 20.3 Å². The number of rotatable bonds is 5. The molecule has 0 atom stereocenters. The summed E-state index contributed by atoms with van der Waals surface area (Å²) in [5, 5.41) is 6.71. The van der Waals surface area contributed by atoms with Crippen LogP contribution in [0.2, 0.25) is 5.02 Å². The summed E-state index contributed by atoms with van der Waals surface area (Å²) >= 11 is 5.87. The summed E-state index contributed by atoms with van der Waals surface area (Å²) < 4.78 is 0. The second kappa shape index (κ2) is 7.97. The molecule has 2 N–H and O–H groups in total. The topological polar surface area (TPSA) is 66.9 Å². The molecule has 0 fully saturated rings. The molecule has 0 radical (unpaired) electrons. The number of aryl methyl sites for hydroxylation is 2. The highest BCUT2D eigenvalue weighted by molar-refractivity contribution is 6.30. The fraction of sp³-hybridized carbons (Fsp3) is 0.150. The number of hydrogen-bond donors (Lipinski definition) is 2. The van der Waals surface area contributed by atoms with Gasteiger partial charge in [-0.3, -0.25) is 4.79 Å². The number of amides is 1. The van der Waals surface area contributed by atoms with Crippen LogP contribution in [-0.4, -0.2) is 15.9 Å². The highest BCUT2D eigenvalue weighted by Crippen LogP contribution is 2.21. The van der Waals surface area contributed by atoms with Gasteiger partial charge in [0, 0.05) is 22.5 Å². The van der Waals surface area contributed by atoms with Gasteiger partial charge in [-0.25, -0.2) is 9.97 Å². The van der Waals surface area contributed by atoms with Crippen LogP contribution in [0.5, 0.6) is 0 Å². The number of benzene rings is 2. The Morgan fingerprint density at radius 3 is 2.54 bits per heavy atom. The molecule has 0 saturated carbocycles. The summed E-state index contributed by atoms with van der Waals surface area (Å²) in [4.78, 5) is 21.1. The molecule has 1 amide bonds. The standard InChI is InChI=1S/C20H19ClN4O/c1-3-14-6-4-5-7-17(14)25-19-12-18(22-13(2)23-19)20(26)24-16-10-8-15(21)9-11-16/h4-12H,3H2,1-2H3,(H,24,26)(H,22,23,25). The fourth-order valence-corrected chi connectivity index (χ4v) is 2.69. The van der Waals surface area contributed by atoms with Crippen molar-refractivity contribution in [1.82, 2.24) is 9.97 Å². The first kappa shape index (κ1) is 17.9. The number of anilines is 3. The summed E-state index contributed by atoms with van der Waals surface area (Å²) in [6.45, 7) is 3.85. The lowest BCUT2D eigenvalue weighted by Gasteiger charge is -2.12. The van der Waals surface area contributed by atoms with Gasteiger partial charge in [0.25, 0.3) is 5.91 Å². The van der Waals surface area contributed by atoms with Crippen molar-refractivity contribution in [3.05, 3.63) is 76.7 Å². The summed E-state index contributed by atoms with van der Waals surface area (Å²) in [6.07, 6.45) is 0.900. The van der Waals surface area contributed by atoms with Gasteiger partial charge >= 0.3 is 0 Å². The Morgan fingerprint density at radius 2 is 1.81 bits per heavy atom. The van der Waals surface area contributed by atoms with Crippen LogP contribution in [0.1, 0.15) is 28.8 Å². The minimum absolute atomic E-state index is 0.295. The molecule has 5 nitrogen and oxygen atoms in total. The van der Waals surface area contributed by atoms with Crippen molar-refractivity contribution in [2.24, 2.45) is 0 Å². The third kappa shape index (κ3) is 4.37. The van der Waals surface area contributed by atoms with Crippen LogP contribution in [0.15, 0.2) is 54.6 Å². The molecular weight excluding hydrogens is 348 g/mol. The zero-order valence-corrected chi connectivity index (χ0v) is 15.3. The molecule has 0 aliphatic rings. The molecular formula is C20H19ClN4O. The van der Waals surface area contributed by atoms with Gasteiger partial charge in [0.1, 0.15) is 17.3 Å². The number of nitrogens with zero attached hydrogens (tertiary/aromatic N) is 2. The van der Waals surface area contributed by atoms with E-state index in [0.29, 0.717) is 28.0 Å². The van der Waals surface area contributed by atoms with Crippen molar-refractivity contribution in [2.75, 3.05) is 10.6 Å². The predicted molar refractivity (Wildman–Crippen MR) is 105 cm³/mol. The third-order valence-electron chi connectivity index (χ3n) is 3.83. The Morgan fingerprint density at radius 1 is 1.08 bits per heavy atom. The van der Waals surface area contributed by atoms with Crippen molar-refractivity contribution < 1.29 is 4.79 Å². The van der Waals surface area contributed by atoms with E-state index in [1.807, 2.05) is 18.2 Å². The van der Waals surface area contributed by atoms with Crippen LogP contribution in [0.25, 0.3) is 0 Å². The fourth-order valence-electron chi connectivity index (χ4n) is 2.56. The van der Waals surface area contributed by atoms with Crippen LogP contribution in [0, 0.1) is 6.92 Å². The molecule has 0 aliphatic carbocycles. The maximum absolute atomic E-state index is 12.5. The first-order chi connectivity index (χ1) is 12.5. The monoisotopic (exact) mass is 366 g/mol. The average Bonchev–Trinajstić information content (AvgIpc) is 2.63. The van der Waals surface area contributed by atoms with E-state index in [1.54, 1.807) is 37.3 Å². The number of aromatic nitrogens is 2. The number of hydrogen-bond acceptors (Lipinski definition) is 4. The van der Waals surface area contributed by atoms with E-state index in [1.165, 1.54) is 5.56 Å². The summed E-state index contributed by atoms with van der Waals surface area (Å²) in [6, 6.07) is 16.6. The highest BCUT2D eigenvalue weighted by Gasteiger charge is 2.12. The van der Waals surface area contributed by atoms with Crippen LogP contribution in [0.3, 0.4) is 0 Å². The number of halogens is 1. The molecule has 1 heterocycles. The van der Waals surface area contributed by atoms with Gasteiger partial charge in [-0.05, 0) is 49.2 Å². The van der Waals surface area contributed by atoms with Gasteiger partial charge in [0.15, 0.2) is 0 Å². The maximum atomic E-state index is 12.5. The molecule has 0 spiro atoms. The average molecular weight is 367 g/mol. The molecule has 0 aliphatic heterocycles. The normalized spacial score (nSPS) is 10.4. The SMILES string of the molecule is CCc1ccccc1Nc1cc(C(=O)Nc2ccc(Cl)cc2)nc(C)n1. The Kier molecular flexibility index (Phi) is 5.49. The molecule has 2 aromatic carbocycles. The molecule has 3 aromatic rings. The molecule has 6 heteroatoms. The van der Waals surface area contributed by atoms with Gasteiger partial charge in [-0.1, -0.05) is 36.7 Å². The molecule has 1 aromatic heterocycles. The van der Waals surface area contributed by atoms with E-state index in [-0.39, 0.29) is 5.91 Å². The van der Waals surface area contributed by atoms with E-state index >= 15 is 0 Å². The van der Waals surface area contributed by atoms with E-state index in [4.69, 9.17) is 11.6 Å². The van der Waals surface area contributed by atoms with Crippen LogP contribution in [0.4, 0.5) is 17.2 Å². The van der Waals surface area contributed by atoms with Gasteiger partial charge in [0.05, 0.1) is 0 Å². The summed E-state index contributed by atoms with van der Waals surface area (Å²) in [7, 11) is 0. The number of carbonyl (C=O) groups excluding carboxylic acids is 1. The van der Waals surface area contributed by atoms with Crippen molar-refractivity contribution in [3.8, 4) is 0 Å². The predicted octanol–water partition coefficient (Wildman–Crippen LogP) is 5.00. The van der Waals surface area contributed by atoms with Gasteiger partial charge in [0.2, 0.25) is 0 Å². The number of nitrogens with one attached hydrogen (secondary N) is 2. The van der Waals surface area contributed by atoms with Crippen LogP contribution >= 0.6 is 11.6 Å². The Hall–Kier alpha value is -2.92. The summed E-state index contributed by atoms with van der Waals surface area (Å²) in [5.41, 5.74) is 3.10. The minimum atomic E-state index is -0.301. The smallest absolute Gasteiger partial charge is 0.274 e. The molecule has 0 bridgehead atoms. The first-order valence-corrected chi connectivity index (χ1v) is 8.70. The highest BCUT2D eigenvalue weighted by atomic mass is 35.5. The Labute approximate surface area is 157 Å². The lowest BCUT2D eigenvalue weighted by molar-refractivity contribution is 0.102. The van der Waals surface area contributed by atoms with Gasteiger partial charge in [-0.2, -0.15) is 0 Å². The van der Waals surface area contributed by atoms with Crippen molar-refractivity contribution >= 4 is 34.7 Å². The van der Waals surface area contributed by atoms with E-state index in [2.05, 4.69) is 33.6 Å². The van der Waals surface area contributed by atoms with Crippen molar-refractivity contribution in [1.29, 1.82) is 0 Å². The molecule has 26 heavy (non-hydrogen) atoms. The summed E-state index contributed by atoms with van der Waals surface area (Å²) in [5.74, 6) is 0.801. The lowest BCUT2D eigenvalue weighted by atomic mass is 10.1. The minimum Gasteiger partial charge on any atom is -0.340 e. The zero-order chi connectivity index (χ0) is 18.5. The quantitative estimate of drug-likeness (QED) is 0.667. The Bertz CT molecular complexity index is 925. The number of carbonyl (C=O) groups is 1. The van der Waals surface area contributed by atoms with E-state index < -0.39 is 0 Å². The lowest BCUT2D eigenvalue weighted by Crippen LogP contribution is -2.15. The third-order valence-corrected chi connectivity index (χ3v) is 4.09. The van der Waals surface area contributed by atoms with Gasteiger partial charge < -0.3 is 10.6 Å². The molecule has 3 rings (SSSR count). The second-order valence-corrected chi connectivity index (χ2v) is 6.22. The van der Waals surface area contributed by atoms with E-state index in [9.17, 15) is 4.79 Å². The van der Waals surface area contributed by atoms with Crippen LogP contribution in [-0.2, 0) is 6.42 Å². The molecule has 0 saturated heterocycles. The first-order valence-electron chi connectivity index (χ1n) is 8.32.